The fourth-order valence-electron chi connectivity index (χ4n) is 1.48. The summed E-state index contributed by atoms with van der Waals surface area (Å²) >= 11 is 0. The number of hydrogen-bond donors (Lipinski definition) is 2. The Morgan fingerprint density at radius 2 is 2.16 bits per heavy atom. The molecule has 0 fully saturated rings. The van der Waals surface area contributed by atoms with Gasteiger partial charge in [-0.25, -0.2) is 4.79 Å². The van der Waals surface area contributed by atoms with Crippen LogP contribution in [0.2, 0.25) is 0 Å². The number of nitrogens with one attached hydrogen (secondary N) is 1. The van der Waals surface area contributed by atoms with Crippen LogP contribution in [0.1, 0.15) is 36.5 Å². The van der Waals surface area contributed by atoms with Crippen LogP contribution in [-0.4, -0.2) is 33.8 Å². The van der Waals surface area contributed by atoms with Gasteiger partial charge >= 0.3 is 5.97 Å². The molecule has 0 unspecified atom stereocenters. The van der Waals surface area contributed by atoms with Gasteiger partial charge in [-0.1, -0.05) is 6.92 Å². The number of rotatable bonds is 7. The number of hydrogen-bond acceptors (Lipinski definition) is 4. The van der Waals surface area contributed by atoms with Gasteiger partial charge in [-0.05, 0) is 18.6 Å². The summed E-state index contributed by atoms with van der Waals surface area (Å²) in [4.78, 5) is 37.8. The van der Waals surface area contributed by atoms with Gasteiger partial charge in [0.1, 0.15) is 11.8 Å². The van der Waals surface area contributed by atoms with Crippen molar-refractivity contribution in [1.29, 1.82) is 0 Å². The van der Waals surface area contributed by atoms with E-state index in [1.807, 2.05) is 0 Å². The number of nitrogens with zero attached hydrogens (tertiary/aromatic N) is 1. The number of aliphatic carboxylic acids is 1. The van der Waals surface area contributed by atoms with Crippen molar-refractivity contribution < 1.29 is 19.5 Å². The van der Waals surface area contributed by atoms with Crippen LogP contribution >= 0.6 is 0 Å². The lowest BCUT2D eigenvalue weighted by Crippen LogP contribution is -2.41. The Balaban J connectivity index is 2.61. The molecule has 0 saturated carbocycles. The molecular weight excluding hydrogens is 248 g/mol. The van der Waals surface area contributed by atoms with E-state index in [1.165, 1.54) is 12.4 Å². The Morgan fingerprint density at radius 3 is 2.68 bits per heavy atom. The van der Waals surface area contributed by atoms with Gasteiger partial charge in [0, 0.05) is 25.2 Å². The van der Waals surface area contributed by atoms with Crippen molar-refractivity contribution in [2.45, 2.75) is 32.2 Å². The molecule has 0 bridgehead atoms. The average Bonchev–Trinajstić information content (AvgIpc) is 2.43. The second-order valence-electron chi connectivity index (χ2n) is 4.04. The number of Topliss-reactive ketones (excluding diaryl/α,β-unsaturated/α-hetero) is 1. The van der Waals surface area contributed by atoms with Crippen molar-refractivity contribution in [1.82, 2.24) is 10.3 Å². The summed E-state index contributed by atoms with van der Waals surface area (Å²) in [5.41, 5.74) is 0.288. The Morgan fingerprint density at radius 1 is 1.42 bits per heavy atom. The number of ketones is 1. The average molecular weight is 264 g/mol. The van der Waals surface area contributed by atoms with E-state index in [-0.39, 0.29) is 24.2 Å². The first kappa shape index (κ1) is 14.8. The smallest absolute Gasteiger partial charge is 0.326 e. The molecule has 19 heavy (non-hydrogen) atoms. The van der Waals surface area contributed by atoms with Crippen LogP contribution in [0, 0.1) is 0 Å². The highest BCUT2D eigenvalue weighted by molar-refractivity contribution is 5.96. The van der Waals surface area contributed by atoms with E-state index in [2.05, 4.69) is 10.3 Å². The molecular formula is C13H16N2O4. The van der Waals surface area contributed by atoms with Gasteiger partial charge in [0.05, 0.1) is 5.56 Å². The molecule has 0 saturated heterocycles. The first-order valence-corrected chi connectivity index (χ1v) is 6.00. The van der Waals surface area contributed by atoms with Gasteiger partial charge in [-0.15, -0.1) is 0 Å². The minimum absolute atomic E-state index is 0.0260. The van der Waals surface area contributed by atoms with Crippen molar-refractivity contribution in [2.75, 3.05) is 0 Å². The Labute approximate surface area is 110 Å². The number of carbonyl (C=O) groups is 3. The summed E-state index contributed by atoms with van der Waals surface area (Å²) in [6.07, 6.45) is 3.47. The molecule has 6 heteroatoms. The molecule has 0 aliphatic rings. The second-order valence-corrected chi connectivity index (χ2v) is 4.04. The van der Waals surface area contributed by atoms with Crippen LogP contribution in [-0.2, 0) is 9.59 Å². The van der Waals surface area contributed by atoms with Crippen molar-refractivity contribution in [3.05, 3.63) is 30.1 Å². The van der Waals surface area contributed by atoms with Gasteiger partial charge in [-0.2, -0.15) is 0 Å². The largest absolute Gasteiger partial charge is 0.480 e. The SMILES string of the molecule is CCC(=O)CC[C@H](NC(=O)c1cccnc1)C(=O)O. The molecule has 1 heterocycles. The molecule has 0 aromatic carbocycles. The summed E-state index contributed by atoms with van der Waals surface area (Å²) in [6, 6.07) is 2.06. The van der Waals surface area contributed by atoms with Gasteiger partial charge in [0.2, 0.25) is 0 Å². The van der Waals surface area contributed by atoms with Crippen LogP contribution in [0.3, 0.4) is 0 Å². The predicted molar refractivity (Wildman–Crippen MR) is 67.7 cm³/mol. The maximum absolute atomic E-state index is 11.8. The molecule has 1 aromatic heterocycles. The molecule has 0 spiro atoms. The zero-order chi connectivity index (χ0) is 14.3. The first-order valence-electron chi connectivity index (χ1n) is 6.00. The highest BCUT2D eigenvalue weighted by Crippen LogP contribution is 2.03. The van der Waals surface area contributed by atoms with Crippen molar-refractivity contribution in [3.8, 4) is 0 Å². The highest BCUT2D eigenvalue weighted by atomic mass is 16.4. The van der Waals surface area contributed by atoms with Gasteiger partial charge < -0.3 is 10.4 Å². The molecule has 1 amide bonds. The maximum atomic E-state index is 11.8. The van der Waals surface area contributed by atoms with Gasteiger partial charge in [0.15, 0.2) is 0 Å². The molecule has 2 N–H and O–H groups in total. The Kier molecular flexibility index (Phi) is 5.66. The van der Waals surface area contributed by atoms with E-state index in [1.54, 1.807) is 19.1 Å². The number of carboxylic acid groups (broad SMARTS) is 1. The lowest BCUT2D eigenvalue weighted by Gasteiger charge is -2.13. The maximum Gasteiger partial charge on any atom is 0.326 e. The van der Waals surface area contributed by atoms with E-state index < -0.39 is 17.9 Å². The standard InChI is InChI=1S/C13H16N2O4/c1-2-10(16)5-6-11(13(18)19)15-12(17)9-4-3-7-14-8-9/h3-4,7-8,11H,2,5-6H2,1H3,(H,15,17)(H,18,19)/t11-/m0/s1. The molecule has 1 atom stereocenters. The second kappa shape index (κ2) is 7.25. The number of amides is 1. The Hall–Kier alpha value is -2.24. The third kappa shape index (κ3) is 4.87. The molecule has 6 nitrogen and oxygen atoms in total. The van der Waals surface area contributed by atoms with Crippen LogP contribution in [0.4, 0.5) is 0 Å². The Bertz CT molecular complexity index is 459. The number of aromatic nitrogens is 1. The van der Waals surface area contributed by atoms with Gasteiger partial charge in [0.25, 0.3) is 5.91 Å². The first-order chi connectivity index (χ1) is 9.04. The quantitative estimate of drug-likeness (QED) is 0.766. The fraction of sp³-hybridized carbons (Fsp3) is 0.385. The van der Waals surface area contributed by atoms with Crippen LogP contribution < -0.4 is 5.32 Å². The third-order valence-corrected chi connectivity index (χ3v) is 2.63. The lowest BCUT2D eigenvalue weighted by atomic mass is 10.1. The van der Waals surface area contributed by atoms with Crippen LogP contribution in [0.25, 0.3) is 0 Å². The summed E-state index contributed by atoms with van der Waals surface area (Å²) < 4.78 is 0. The topological polar surface area (TPSA) is 96.4 Å². The lowest BCUT2D eigenvalue weighted by molar-refractivity contribution is -0.139. The molecule has 1 rings (SSSR count). The highest BCUT2D eigenvalue weighted by Gasteiger charge is 2.21. The zero-order valence-corrected chi connectivity index (χ0v) is 10.6. The van der Waals surface area contributed by atoms with Crippen molar-refractivity contribution in [2.24, 2.45) is 0 Å². The van der Waals surface area contributed by atoms with E-state index in [0.717, 1.165) is 0 Å². The molecule has 1 aromatic rings. The van der Waals surface area contributed by atoms with Crippen LogP contribution in [0.5, 0.6) is 0 Å². The van der Waals surface area contributed by atoms with Crippen molar-refractivity contribution in [3.63, 3.8) is 0 Å². The van der Waals surface area contributed by atoms with E-state index >= 15 is 0 Å². The van der Waals surface area contributed by atoms with E-state index in [0.29, 0.717) is 6.42 Å². The zero-order valence-electron chi connectivity index (χ0n) is 10.6. The van der Waals surface area contributed by atoms with E-state index in [9.17, 15) is 14.4 Å². The predicted octanol–water partition coefficient (Wildman–Crippen LogP) is 1.02. The molecule has 0 radical (unpaired) electrons. The molecule has 102 valence electrons. The number of pyridine rings is 1. The van der Waals surface area contributed by atoms with Crippen molar-refractivity contribution >= 4 is 17.7 Å². The molecule has 0 aliphatic heterocycles. The van der Waals surface area contributed by atoms with Gasteiger partial charge in [-0.3, -0.25) is 14.6 Å². The summed E-state index contributed by atoms with van der Waals surface area (Å²) in [5, 5.41) is 11.4. The normalized spacial score (nSPS) is 11.6. The summed E-state index contributed by atoms with van der Waals surface area (Å²) in [6.45, 7) is 1.71. The summed E-state index contributed by atoms with van der Waals surface area (Å²) in [7, 11) is 0. The van der Waals surface area contributed by atoms with Crippen LogP contribution in [0.15, 0.2) is 24.5 Å². The van der Waals surface area contributed by atoms with E-state index in [4.69, 9.17) is 5.11 Å². The third-order valence-electron chi connectivity index (χ3n) is 2.63. The molecule has 0 aliphatic carbocycles. The minimum atomic E-state index is -1.15. The summed E-state index contributed by atoms with van der Waals surface area (Å²) in [5.74, 6) is -1.69. The monoisotopic (exact) mass is 264 g/mol. The fourth-order valence-corrected chi connectivity index (χ4v) is 1.48. The minimum Gasteiger partial charge on any atom is -0.480 e. The number of carboxylic acids is 1. The number of carbonyl (C=O) groups excluding carboxylic acids is 2.